The van der Waals surface area contributed by atoms with Crippen LogP contribution >= 0.6 is 7.60 Å². The van der Waals surface area contributed by atoms with E-state index >= 15 is 0 Å². The van der Waals surface area contributed by atoms with E-state index in [1.807, 2.05) is 13.8 Å². The zero-order valence-electron chi connectivity index (χ0n) is 25.6. The van der Waals surface area contributed by atoms with Crippen LogP contribution in [0.15, 0.2) is 6.20 Å². The van der Waals surface area contributed by atoms with E-state index in [2.05, 4.69) is 20.6 Å². The highest BCUT2D eigenvalue weighted by molar-refractivity contribution is 7.53. The molecule has 0 spiro atoms. The smallest absolute Gasteiger partial charge is 0.338 e. The van der Waals surface area contributed by atoms with E-state index in [0.29, 0.717) is 11.4 Å². The Morgan fingerprint density at radius 1 is 0.878 bits per heavy atom. The van der Waals surface area contributed by atoms with Crippen molar-refractivity contribution in [1.29, 1.82) is 0 Å². The van der Waals surface area contributed by atoms with E-state index in [1.165, 1.54) is 6.20 Å². The number of ether oxygens (including phenoxy) is 2. The molecule has 234 valence electrons. The van der Waals surface area contributed by atoms with Gasteiger partial charge in [0, 0.05) is 37.7 Å². The van der Waals surface area contributed by atoms with E-state index in [1.54, 1.807) is 48.5 Å². The lowest BCUT2D eigenvalue weighted by Gasteiger charge is -2.22. The van der Waals surface area contributed by atoms with Gasteiger partial charge in [0.15, 0.2) is 0 Å². The molecule has 41 heavy (non-hydrogen) atoms. The van der Waals surface area contributed by atoms with Crippen LogP contribution in [0, 0.1) is 17.8 Å². The van der Waals surface area contributed by atoms with Gasteiger partial charge in [-0.3, -0.25) is 32.8 Å². The molecule has 15 heteroatoms. The summed E-state index contributed by atoms with van der Waals surface area (Å²) in [6.07, 6.45) is 0.970. The average Bonchev–Trinajstić information content (AvgIpc) is 2.87. The highest BCUT2D eigenvalue weighted by atomic mass is 31.2. The molecule has 0 saturated heterocycles. The summed E-state index contributed by atoms with van der Waals surface area (Å²) in [7, 11) is -3.96. The normalized spacial score (nSPS) is 11.5. The van der Waals surface area contributed by atoms with E-state index in [0.717, 1.165) is 0 Å². The first-order valence-electron chi connectivity index (χ1n) is 13.3. The summed E-state index contributed by atoms with van der Waals surface area (Å²) >= 11 is 0. The Morgan fingerprint density at radius 2 is 1.34 bits per heavy atom. The quantitative estimate of drug-likeness (QED) is 0.160. The monoisotopic (exact) mass is 603 g/mol. The van der Waals surface area contributed by atoms with Crippen LogP contribution in [-0.4, -0.2) is 60.0 Å². The van der Waals surface area contributed by atoms with Gasteiger partial charge in [-0.2, -0.15) is 0 Å². The Kier molecular flexibility index (Phi) is 16.3. The molecular weight excluding hydrogens is 557 g/mol. The molecule has 0 aliphatic rings. The third-order valence-corrected chi connectivity index (χ3v) is 6.65. The Labute approximate surface area is 242 Å². The molecule has 0 fully saturated rings. The number of nitrogens with zero attached hydrogens (tertiary/aromatic N) is 2. The molecule has 0 saturated carbocycles. The standard InChI is InChI=1S/C24H40N5O9P.C2H6/c1-16-27-12-17(20(25)29-16)13-28-19(31)9-8-18(30)26-10-11-39(34,37-14-35-21(32)23(2,3)4)38-15-36-22(33)24(5,6)7;1-2/h12H,8-11,13-15H2,1-7H3,(H,26,30)(H,28,31)(H2,25,27,29);1-2H3. The summed E-state index contributed by atoms with van der Waals surface area (Å²) in [6.45, 7) is 14.2. The second-order valence-electron chi connectivity index (χ2n) is 10.6. The number of anilines is 1. The highest BCUT2D eigenvalue weighted by Crippen LogP contribution is 2.47. The van der Waals surface area contributed by atoms with E-state index in [-0.39, 0.29) is 43.8 Å². The molecule has 0 aliphatic carbocycles. The zero-order valence-corrected chi connectivity index (χ0v) is 26.5. The first kappa shape index (κ1) is 37.9. The Hall–Kier alpha value is -3.09. The summed E-state index contributed by atoms with van der Waals surface area (Å²) in [5.41, 5.74) is 4.72. The van der Waals surface area contributed by atoms with Gasteiger partial charge in [-0.25, -0.2) is 9.97 Å². The maximum Gasteiger partial charge on any atom is 0.338 e. The number of hydrogen-bond donors (Lipinski definition) is 3. The van der Waals surface area contributed by atoms with Gasteiger partial charge >= 0.3 is 19.5 Å². The molecule has 0 atom stereocenters. The third kappa shape index (κ3) is 16.1. The first-order valence-corrected chi connectivity index (χ1v) is 15.0. The molecule has 1 heterocycles. The van der Waals surface area contributed by atoms with Crippen molar-refractivity contribution in [2.45, 2.75) is 81.7 Å². The van der Waals surface area contributed by atoms with Gasteiger partial charge in [0.1, 0.15) is 11.6 Å². The summed E-state index contributed by atoms with van der Waals surface area (Å²) in [5.74, 6) is -1.26. The van der Waals surface area contributed by atoms with Gasteiger partial charge in [-0.05, 0) is 48.5 Å². The number of aromatic nitrogens is 2. The number of carbonyl (C=O) groups excluding carboxylic acids is 4. The summed E-state index contributed by atoms with van der Waals surface area (Å²) in [6, 6.07) is 0. The number of nitrogen functional groups attached to an aromatic ring is 1. The van der Waals surface area contributed by atoms with Crippen LogP contribution in [0.4, 0.5) is 5.82 Å². The molecule has 0 aromatic carbocycles. The number of nitrogens with two attached hydrogens (primary N) is 1. The molecule has 0 radical (unpaired) electrons. The number of hydrogen-bond acceptors (Lipinski definition) is 12. The second kappa shape index (κ2) is 17.7. The second-order valence-corrected chi connectivity index (χ2v) is 12.8. The average molecular weight is 604 g/mol. The molecule has 0 bridgehead atoms. The van der Waals surface area contributed by atoms with E-state index in [9.17, 15) is 23.7 Å². The van der Waals surface area contributed by atoms with Gasteiger partial charge in [0.05, 0.1) is 17.0 Å². The minimum Gasteiger partial charge on any atom is -0.438 e. The van der Waals surface area contributed by atoms with Crippen molar-refractivity contribution in [2.24, 2.45) is 10.8 Å². The first-order chi connectivity index (χ1) is 18.9. The molecule has 0 aliphatic heterocycles. The van der Waals surface area contributed by atoms with Crippen LogP contribution in [0.2, 0.25) is 0 Å². The van der Waals surface area contributed by atoms with Crippen LogP contribution < -0.4 is 16.4 Å². The minimum absolute atomic E-state index is 0.103. The predicted octanol–water partition coefficient (Wildman–Crippen LogP) is 3.23. The number of carbonyl (C=O) groups is 4. The number of nitrogens with one attached hydrogen (secondary N) is 2. The largest absolute Gasteiger partial charge is 0.438 e. The lowest BCUT2D eigenvalue weighted by molar-refractivity contribution is -0.162. The summed E-state index contributed by atoms with van der Waals surface area (Å²) in [5, 5.41) is 5.16. The van der Waals surface area contributed by atoms with E-state index < -0.39 is 49.9 Å². The SMILES string of the molecule is CC.Cc1ncc(CNC(=O)CCC(=O)NCCP(=O)(OCOC(=O)C(C)(C)C)OCOC(=O)C(C)(C)C)c(N)n1. The van der Waals surface area contributed by atoms with Crippen molar-refractivity contribution in [3.8, 4) is 0 Å². The Bertz CT molecular complexity index is 1030. The van der Waals surface area contributed by atoms with Crippen molar-refractivity contribution < 1.29 is 42.3 Å². The summed E-state index contributed by atoms with van der Waals surface area (Å²) in [4.78, 5) is 56.2. The van der Waals surface area contributed by atoms with Gasteiger partial charge in [0.2, 0.25) is 25.4 Å². The lowest BCUT2D eigenvalue weighted by Crippen LogP contribution is -2.30. The zero-order chi connectivity index (χ0) is 31.9. The fourth-order valence-corrected chi connectivity index (χ4v) is 3.64. The summed E-state index contributed by atoms with van der Waals surface area (Å²) < 4.78 is 33.5. The van der Waals surface area contributed by atoms with E-state index in [4.69, 9.17) is 24.3 Å². The topological polar surface area (TPSA) is 198 Å². The molecule has 2 amide bonds. The van der Waals surface area contributed by atoms with Crippen molar-refractivity contribution in [2.75, 3.05) is 32.0 Å². The Balaban J connectivity index is 0.00000781. The Morgan fingerprint density at radius 3 is 1.78 bits per heavy atom. The van der Waals surface area contributed by atoms with Crippen molar-refractivity contribution in [3.63, 3.8) is 0 Å². The van der Waals surface area contributed by atoms with Crippen LogP contribution in [0.5, 0.6) is 0 Å². The van der Waals surface area contributed by atoms with Gasteiger partial charge in [0.25, 0.3) is 0 Å². The van der Waals surface area contributed by atoms with Crippen LogP contribution in [-0.2, 0) is 48.8 Å². The molecule has 0 unspecified atom stereocenters. The maximum absolute atomic E-state index is 13.1. The van der Waals surface area contributed by atoms with Crippen molar-refractivity contribution >= 4 is 37.2 Å². The fourth-order valence-electron chi connectivity index (χ4n) is 2.50. The van der Waals surface area contributed by atoms with Gasteiger partial charge < -0.3 is 25.8 Å². The van der Waals surface area contributed by atoms with Gasteiger partial charge in [-0.1, -0.05) is 13.8 Å². The molecule has 14 nitrogen and oxygen atoms in total. The van der Waals surface area contributed by atoms with Crippen molar-refractivity contribution in [3.05, 3.63) is 17.6 Å². The predicted molar refractivity (Wildman–Crippen MR) is 152 cm³/mol. The molecule has 1 aromatic rings. The highest BCUT2D eigenvalue weighted by Gasteiger charge is 2.30. The van der Waals surface area contributed by atoms with Crippen molar-refractivity contribution in [1.82, 2.24) is 20.6 Å². The molecule has 1 aromatic heterocycles. The minimum atomic E-state index is -3.96. The molecule has 1 rings (SSSR count). The number of esters is 2. The third-order valence-electron chi connectivity index (χ3n) is 4.89. The number of aryl methyl sites for hydroxylation is 1. The lowest BCUT2D eigenvalue weighted by atomic mass is 9.98. The molecular formula is C26H46N5O9P. The molecule has 4 N–H and O–H groups in total. The van der Waals surface area contributed by atoms with Gasteiger partial charge in [-0.15, -0.1) is 0 Å². The maximum atomic E-state index is 13.1. The number of amides is 2. The van der Waals surface area contributed by atoms with Crippen LogP contribution in [0.1, 0.15) is 79.6 Å². The number of rotatable bonds is 14. The van der Waals surface area contributed by atoms with Crippen LogP contribution in [0.25, 0.3) is 0 Å². The fraction of sp³-hybridized carbons (Fsp3) is 0.692. The van der Waals surface area contributed by atoms with Crippen LogP contribution in [0.3, 0.4) is 0 Å².